The Morgan fingerprint density at radius 2 is 2.30 bits per heavy atom. The molecule has 0 unspecified atom stereocenters. The zero-order valence-electron chi connectivity index (χ0n) is 11.0. The Morgan fingerprint density at radius 1 is 1.40 bits per heavy atom. The summed E-state index contributed by atoms with van der Waals surface area (Å²) in [6.45, 7) is 3.13. The number of hydrogen-bond acceptors (Lipinski definition) is 7. The molecule has 2 aromatic rings. The largest absolute Gasteiger partial charge is 0.382 e. The molecule has 0 fully saturated rings. The first-order valence-corrected chi connectivity index (χ1v) is 7.88. The lowest BCUT2D eigenvalue weighted by Crippen LogP contribution is -2.30. The first-order chi connectivity index (χ1) is 9.74. The number of rotatable bonds is 7. The molecule has 0 atom stereocenters. The highest BCUT2D eigenvalue weighted by molar-refractivity contribution is 8.01. The number of aromatic nitrogens is 3. The third-order valence-electron chi connectivity index (χ3n) is 2.27. The molecule has 0 saturated carbocycles. The van der Waals surface area contributed by atoms with Crippen LogP contribution in [0.1, 0.15) is 5.01 Å². The van der Waals surface area contributed by atoms with Crippen molar-refractivity contribution in [2.75, 3.05) is 24.2 Å². The summed E-state index contributed by atoms with van der Waals surface area (Å²) in [6.07, 6.45) is 3.47. The van der Waals surface area contributed by atoms with Gasteiger partial charge in [0, 0.05) is 25.5 Å². The van der Waals surface area contributed by atoms with Crippen molar-refractivity contribution in [3.63, 3.8) is 0 Å². The predicted molar refractivity (Wildman–Crippen MR) is 81.1 cm³/mol. The number of hydrogen-bond donors (Lipinski definition) is 2. The van der Waals surface area contributed by atoms with E-state index in [0.29, 0.717) is 18.8 Å². The molecular weight excluding hydrogens is 294 g/mol. The van der Waals surface area contributed by atoms with Gasteiger partial charge >= 0.3 is 0 Å². The van der Waals surface area contributed by atoms with Crippen molar-refractivity contribution in [1.82, 2.24) is 20.5 Å². The molecule has 0 spiro atoms. The summed E-state index contributed by atoms with van der Waals surface area (Å²) in [4.78, 5) is 15.6. The Labute approximate surface area is 125 Å². The third kappa shape index (κ3) is 5.14. The van der Waals surface area contributed by atoms with Crippen LogP contribution in [-0.4, -0.2) is 39.9 Å². The summed E-state index contributed by atoms with van der Waals surface area (Å²) >= 11 is 2.90. The zero-order valence-corrected chi connectivity index (χ0v) is 12.6. The number of nitrogens with one attached hydrogen (secondary N) is 2. The normalized spacial score (nSPS) is 10.2. The SMILES string of the molecule is Cc1nnc(SCC(=O)NCCNc2cccnc2)s1. The summed E-state index contributed by atoms with van der Waals surface area (Å²) in [5.74, 6) is 0.359. The molecule has 2 aromatic heterocycles. The smallest absolute Gasteiger partial charge is 0.230 e. The van der Waals surface area contributed by atoms with Gasteiger partial charge in [-0.1, -0.05) is 23.1 Å². The molecule has 20 heavy (non-hydrogen) atoms. The molecule has 2 rings (SSSR count). The number of anilines is 1. The van der Waals surface area contributed by atoms with Gasteiger partial charge in [0.05, 0.1) is 11.4 Å². The van der Waals surface area contributed by atoms with Crippen LogP contribution in [0.4, 0.5) is 5.69 Å². The molecule has 2 heterocycles. The molecule has 1 amide bonds. The minimum atomic E-state index is -0.00385. The molecule has 0 aromatic carbocycles. The second kappa shape index (κ2) is 7.81. The highest BCUT2D eigenvalue weighted by atomic mass is 32.2. The monoisotopic (exact) mass is 309 g/mol. The maximum absolute atomic E-state index is 11.6. The van der Waals surface area contributed by atoms with Gasteiger partial charge < -0.3 is 10.6 Å². The van der Waals surface area contributed by atoms with Gasteiger partial charge in [0.25, 0.3) is 0 Å². The van der Waals surface area contributed by atoms with Gasteiger partial charge in [-0.3, -0.25) is 9.78 Å². The van der Waals surface area contributed by atoms with Crippen LogP contribution in [0, 0.1) is 6.92 Å². The van der Waals surface area contributed by atoms with E-state index in [1.54, 1.807) is 12.4 Å². The van der Waals surface area contributed by atoms with Gasteiger partial charge in [0.15, 0.2) is 4.34 Å². The number of nitrogens with zero attached hydrogens (tertiary/aromatic N) is 3. The number of carbonyl (C=O) groups is 1. The predicted octanol–water partition coefficient (Wildman–Crippen LogP) is 1.56. The standard InChI is InChI=1S/C12H15N5OS2/c1-9-16-17-12(20-9)19-8-11(18)15-6-5-14-10-3-2-4-13-7-10/h2-4,7,14H,5-6,8H2,1H3,(H,15,18). The van der Waals surface area contributed by atoms with E-state index in [1.165, 1.54) is 23.1 Å². The van der Waals surface area contributed by atoms with Gasteiger partial charge in [-0.25, -0.2) is 0 Å². The Morgan fingerprint density at radius 3 is 3.00 bits per heavy atom. The first-order valence-electron chi connectivity index (χ1n) is 6.07. The van der Waals surface area contributed by atoms with Gasteiger partial charge in [-0.2, -0.15) is 0 Å². The summed E-state index contributed by atoms with van der Waals surface area (Å²) < 4.78 is 0.825. The fourth-order valence-electron chi connectivity index (χ4n) is 1.39. The van der Waals surface area contributed by atoms with Crippen LogP contribution in [0.25, 0.3) is 0 Å². The number of aryl methyl sites for hydroxylation is 1. The molecule has 0 aliphatic carbocycles. The Bertz CT molecular complexity index is 546. The van der Waals surface area contributed by atoms with E-state index < -0.39 is 0 Å². The summed E-state index contributed by atoms with van der Waals surface area (Å²) in [6, 6.07) is 3.80. The van der Waals surface area contributed by atoms with E-state index in [9.17, 15) is 4.79 Å². The van der Waals surface area contributed by atoms with Crippen LogP contribution in [0.3, 0.4) is 0 Å². The Kier molecular flexibility index (Phi) is 5.75. The van der Waals surface area contributed by atoms with Gasteiger partial charge in [0.2, 0.25) is 5.91 Å². The highest BCUT2D eigenvalue weighted by Crippen LogP contribution is 2.21. The minimum Gasteiger partial charge on any atom is -0.382 e. The molecule has 2 N–H and O–H groups in total. The average Bonchev–Trinajstić information content (AvgIpc) is 2.88. The summed E-state index contributed by atoms with van der Waals surface area (Å²) in [7, 11) is 0. The maximum atomic E-state index is 11.6. The lowest BCUT2D eigenvalue weighted by atomic mass is 10.4. The van der Waals surface area contributed by atoms with Gasteiger partial charge in [-0.05, 0) is 19.1 Å². The quantitative estimate of drug-likeness (QED) is 0.597. The molecule has 0 aliphatic heterocycles. The van der Waals surface area contributed by atoms with Crippen LogP contribution in [0.2, 0.25) is 0 Å². The second-order valence-electron chi connectivity index (χ2n) is 3.89. The van der Waals surface area contributed by atoms with Gasteiger partial charge in [0.1, 0.15) is 5.01 Å². The molecule has 106 valence electrons. The number of thioether (sulfide) groups is 1. The summed E-state index contributed by atoms with van der Waals surface area (Å²) in [5.41, 5.74) is 0.945. The van der Waals surface area contributed by atoms with Crippen LogP contribution in [0.5, 0.6) is 0 Å². The second-order valence-corrected chi connectivity index (χ2v) is 6.30. The van der Waals surface area contributed by atoms with Crippen molar-refractivity contribution in [2.24, 2.45) is 0 Å². The minimum absolute atomic E-state index is 0.00385. The topological polar surface area (TPSA) is 79.8 Å². The van der Waals surface area contributed by atoms with Crippen molar-refractivity contribution in [3.8, 4) is 0 Å². The Balaban J connectivity index is 1.58. The molecule has 0 bridgehead atoms. The number of pyridine rings is 1. The van der Waals surface area contributed by atoms with E-state index >= 15 is 0 Å². The van der Waals surface area contributed by atoms with Crippen LogP contribution in [-0.2, 0) is 4.79 Å². The van der Waals surface area contributed by atoms with Crippen molar-refractivity contribution in [3.05, 3.63) is 29.5 Å². The van der Waals surface area contributed by atoms with Crippen LogP contribution >= 0.6 is 23.1 Å². The maximum Gasteiger partial charge on any atom is 0.230 e. The van der Waals surface area contributed by atoms with Crippen LogP contribution in [0.15, 0.2) is 28.9 Å². The van der Waals surface area contributed by atoms with E-state index in [-0.39, 0.29) is 5.91 Å². The van der Waals surface area contributed by atoms with E-state index in [4.69, 9.17) is 0 Å². The fourth-order valence-corrected chi connectivity index (χ4v) is 3.04. The molecule has 0 aliphatic rings. The van der Waals surface area contributed by atoms with Crippen molar-refractivity contribution >= 4 is 34.7 Å². The van der Waals surface area contributed by atoms with E-state index in [2.05, 4.69) is 25.8 Å². The summed E-state index contributed by atoms with van der Waals surface area (Å²) in [5, 5.41) is 14.8. The van der Waals surface area contributed by atoms with Crippen LogP contribution < -0.4 is 10.6 Å². The van der Waals surface area contributed by atoms with Crippen molar-refractivity contribution < 1.29 is 4.79 Å². The molecule has 6 nitrogen and oxygen atoms in total. The van der Waals surface area contributed by atoms with Crippen molar-refractivity contribution in [2.45, 2.75) is 11.3 Å². The molecule has 0 radical (unpaired) electrons. The number of carbonyl (C=O) groups excluding carboxylic acids is 1. The van der Waals surface area contributed by atoms with Crippen molar-refractivity contribution in [1.29, 1.82) is 0 Å². The van der Waals surface area contributed by atoms with E-state index in [0.717, 1.165) is 15.0 Å². The van der Waals surface area contributed by atoms with E-state index in [1.807, 2.05) is 19.1 Å². The Hall–Kier alpha value is -1.67. The average molecular weight is 309 g/mol. The fraction of sp³-hybridized carbons (Fsp3) is 0.333. The zero-order chi connectivity index (χ0) is 14.2. The molecule has 8 heteroatoms. The first kappa shape index (κ1) is 14.7. The number of amides is 1. The lowest BCUT2D eigenvalue weighted by Gasteiger charge is -2.06. The highest BCUT2D eigenvalue weighted by Gasteiger charge is 2.05. The third-order valence-corrected chi connectivity index (χ3v) is 4.24. The molecule has 0 saturated heterocycles. The lowest BCUT2D eigenvalue weighted by molar-refractivity contribution is -0.118. The van der Waals surface area contributed by atoms with Gasteiger partial charge in [-0.15, -0.1) is 10.2 Å². The molecular formula is C12H15N5OS2.